The molecule has 9 heteroatoms. The molecule has 0 saturated heterocycles. The summed E-state index contributed by atoms with van der Waals surface area (Å²) in [5, 5.41) is 2.69. The van der Waals surface area contributed by atoms with E-state index >= 15 is 0 Å². The topological polar surface area (TPSA) is 104 Å². The first-order valence-corrected chi connectivity index (χ1v) is 13.3. The molecular weight excluding hydrogens is 478 g/mol. The number of carbonyl (C=O) groups is 3. The van der Waals surface area contributed by atoms with E-state index in [-0.39, 0.29) is 35.2 Å². The second-order valence-electron chi connectivity index (χ2n) is 8.92. The van der Waals surface area contributed by atoms with Crippen LogP contribution in [-0.2, 0) is 19.4 Å². The van der Waals surface area contributed by atoms with E-state index in [0.717, 1.165) is 17.4 Å². The van der Waals surface area contributed by atoms with Gasteiger partial charge in [0.25, 0.3) is 5.91 Å². The van der Waals surface area contributed by atoms with Crippen LogP contribution < -0.4 is 15.1 Å². The number of amides is 3. The molecule has 36 heavy (non-hydrogen) atoms. The van der Waals surface area contributed by atoms with Gasteiger partial charge >= 0.3 is 0 Å². The number of carbonyl (C=O) groups excluding carboxylic acids is 3. The van der Waals surface area contributed by atoms with E-state index in [1.807, 2.05) is 19.1 Å². The number of anilines is 3. The molecule has 1 atom stereocenters. The van der Waals surface area contributed by atoms with Crippen LogP contribution >= 0.6 is 0 Å². The van der Waals surface area contributed by atoms with Crippen molar-refractivity contribution in [1.29, 1.82) is 0 Å². The minimum absolute atomic E-state index is 0.131. The van der Waals surface area contributed by atoms with Crippen molar-refractivity contribution in [3.8, 4) is 11.1 Å². The third-order valence-corrected chi connectivity index (χ3v) is 7.17. The Bertz CT molecular complexity index is 1460. The quantitative estimate of drug-likeness (QED) is 0.575. The van der Waals surface area contributed by atoms with Crippen LogP contribution in [0.5, 0.6) is 0 Å². The Balaban J connectivity index is 1.79. The standard InChI is InChI=1S/C27H27N3O5S/c1-17-16-29(27(33)22-6-5-7-23(14-22)28-18(2)31)26-15-21(10-13-25(26)30(17)19(3)32)20-8-11-24(12-9-20)36(4,34)35/h5-15,17H,16H2,1-4H3,(H,28,31)/t17-/m0/s1. The molecule has 0 aliphatic carbocycles. The first-order valence-electron chi connectivity index (χ1n) is 11.4. The van der Waals surface area contributed by atoms with E-state index in [9.17, 15) is 22.8 Å². The molecule has 1 aliphatic heterocycles. The second-order valence-corrected chi connectivity index (χ2v) is 10.9. The fourth-order valence-corrected chi connectivity index (χ4v) is 5.09. The number of hydrogen-bond acceptors (Lipinski definition) is 5. The number of nitrogens with one attached hydrogen (secondary N) is 1. The predicted octanol–water partition coefficient (Wildman–Crippen LogP) is 4.12. The van der Waals surface area contributed by atoms with Crippen LogP contribution in [0.1, 0.15) is 31.1 Å². The fraction of sp³-hybridized carbons (Fsp3) is 0.222. The van der Waals surface area contributed by atoms with Crippen LogP contribution in [0, 0.1) is 0 Å². The maximum Gasteiger partial charge on any atom is 0.258 e. The van der Waals surface area contributed by atoms with Gasteiger partial charge in [-0.25, -0.2) is 8.42 Å². The molecule has 0 fully saturated rings. The van der Waals surface area contributed by atoms with E-state index in [0.29, 0.717) is 22.6 Å². The molecule has 0 radical (unpaired) electrons. The molecule has 1 N–H and O–H groups in total. The van der Waals surface area contributed by atoms with Crippen LogP contribution in [-0.4, -0.2) is 45.0 Å². The highest BCUT2D eigenvalue weighted by molar-refractivity contribution is 7.90. The summed E-state index contributed by atoms with van der Waals surface area (Å²) in [6.45, 7) is 5.06. The molecule has 0 unspecified atom stereocenters. The van der Waals surface area contributed by atoms with Crippen molar-refractivity contribution in [1.82, 2.24) is 0 Å². The maximum absolute atomic E-state index is 13.7. The lowest BCUT2D eigenvalue weighted by Gasteiger charge is -2.41. The third-order valence-electron chi connectivity index (χ3n) is 6.04. The number of fused-ring (bicyclic) bond motifs is 1. The Morgan fingerprint density at radius 3 is 2.17 bits per heavy atom. The van der Waals surface area contributed by atoms with Gasteiger partial charge in [-0.15, -0.1) is 0 Å². The average molecular weight is 506 g/mol. The molecule has 0 spiro atoms. The zero-order valence-electron chi connectivity index (χ0n) is 20.5. The largest absolute Gasteiger partial charge is 0.326 e. The molecule has 3 aromatic carbocycles. The van der Waals surface area contributed by atoms with Gasteiger partial charge in [-0.3, -0.25) is 14.4 Å². The lowest BCUT2D eigenvalue weighted by molar-refractivity contribution is -0.117. The van der Waals surface area contributed by atoms with Crippen molar-refractivity contribution in [2.45, 2.75) is 31.7 Å². The summed E-state index contributed by atoms with van der Waals surface area (Å²) in [7, 11) is -3.32. The molecule has 8 nitrogen and oxygen atoms in total. The van der Waals surface area contributed by atoms with Crippen molar-refractivity contribution in [3.05, 3.63) is 72.3 Å². The fourth-order valence-electron chi connectivity index (χ4n) is 4.46. The molecule has 0 aromatic heterocycles. The Labute approximate surface area is 210 Å². The van der Waals surface area contributed by atoms with Gasteiger partial charge in [0.2, 0.25) is 11.8 Å². The van der Waals surface area contributed by atoms with Gasteiger partial charge in [0, 0.05) is 37.9 Å². The normalized spacial score (nSPS) is 15.3. The van der Waals surface area contributed by atoms with Crippen LogP contribution in [0.2, 0.25) is 0 Å². The lowest BCUT2D eigenvalue weighted by atomic mass is 10.00. The average Bonchev–Trinajstić information content (AvgIpc) is 2.82. The van der Waals surface area contributed by atoms with Gasteiger partial charge < -0.3 is 15.1 Å². The number of nitrogens with zero attached hydrogens (tertiary/aromatic N) is 2. The molecule has 1 aliphatic rings. The van der Waals surface area contributed by atoms with Crippen LogP contribution in [0.25, 0.3) is 11.1 Å². The molecule has 0 saturated carbocycles. The van der Waals surface area contributed by atoms with Crippen molar-refractivity contribution in [2.75, 3.05) is 27.9 Å². The summed E-state index contributed by atoms with van der Waals surface area (Å²) in [5.74, 6) is -0.628. The first-order chi connectivity index (χ1) is 17.0. The van der Waals surface area contributed by atoms with Gasteiger partial charge in [-0.05, 0) is 60.5 Å². The van der Waals surface area contributed by atoms with Crippen LogP contribution in [0.4, 0.5) is 17.1 Å². The van der Waals surface area contributed by atoms with Gasteiger partial charge in [-0.1, -0.05) is 24.3 Å². The minimum atomic E-state index is -3.32. The number of sulfone groups is 1. The highest BCUT2D eigenvalue weighted by Crippen LogP contribution is 2.39. The van der Waals surface area contributed by atoms with Crippen molar-refractivity contribution < 1.29 is 22.8 Å². The minimum Gasteiger partial charge on any atom is -0.326 e. The summed E-state index contributed by atoms with van der Waals surface area (Å²) in [4.78, 5) is 41.1. The van der Waals surface area contributed by atoms with E-state index in [1.54, 1.807) is 64.4 Å². The Hall–Kier alpha value is -3.98. The zero-order valence-corrected chi connectivity index (χ0v) is 21.3. The van der Waals surface area contributed by atoms with Gasteiger partial charge in [0.05, 0.1) is 22.3 Å². The Morgan fingerprint density at radius 1 is 0.889 bits per heavy atom. The van der Waals surface area contributed by atoms with Gasteiger partial charge in [0.15, 0.2) is 9.84 Å². The van der Waals surface area contributed by atoms with E-state index in [2.05, 4.69) is 5.32 Å². The summed E-state index contributed by atoms with van der Waals surface area (Å²) in [6, 6.07) is 18.5. The third kappa shape index (κ3) is 5.01. The van der Waals surface area contributed by atoms with E-state index in [1.165, 1.54) is 13.8 Å². The SMILES string of the molecule is CC(=O)Nc1cccc(C(=O)N2C[C@H](C)N(C(C)=O)c3ccc(-c4ccc(S(C)(=O)=O)cc4)cc32)c1. The first kappa shape index (κ1) is 25.1. The smallest absolute Gasteiger partial charge is 0.258 e. The number of rotatable bonds is 4. The monoisotopic (exact) mass is 505 g/mol. The molecule has 1 heterocycles. The zero-order chi connectivity index (χ0) is 26.2. The summed E-state index contributed by atoms with van der Waals surface area (Å²) in [5.41, 5.74) is 3.66. The Morgan fingerprint density at radius 2 is 1.56 bits per heavy atom. The van der Waals surface area contributed by atoms with Crippen molar-refractivity contribution in [3.63, 3.8) is 0 Å². The van der Waals surface area contributed by atoms with Crippen LogP contribution in [0.3, 0.4) is 0 Å². The molecule has 3 amide bonds. The summed E-state index contributed by atoms with van der Waals surface area (Å²) < 4.78 is 23.7. The highest BCUT2D eigenvalue weighted by atomic mass is 32.2. The Kier molecular flexibility index (Phi) is 6.69. The second kappa shape index (κ2) is 9.58. The van der Waals surface area contributed by atoms with E-state index in [4.69, 9.17) is 0 Å². The number of hydrogen-bond donors (Lipinski definition) is 1. The van der Waals surface area contributed by atoms with Gasteiger partial charge in [-0.2, -0.15) is 0 Å². The van der Waals surface area contributed by atoms with Crippen molar-refractivity contribution >= 4 is 44.6 Å². The molecule has 3 aromatic rings. The number of benzene rings is 3. The van der Waals surface area contributed by atoms with E-state index < -0.39 is 9.84 Å². The predicted molar refractivity (Wildman–Crippen MR) is 140 cm³/mol. The molecule has 0 bridgehead atoms. The summed E-state index contributed by atoms with van der Waals surface area (Å²) in [6.07, 6.45) is 1.16. The van der Waals surface area contributed by atoms with Gasteiger partial charge in [0.1, 0.15) is 0 Å². The van der Waals surface area contributed by atoms with Crippen LogP contribution in [0.15, 0.2) is 71.6 Å². The summed E-state index contributed by atoms with van der Waals surface area (Å²) >= 11 is 0. The molecule has 4 rings (SSSR count). The maximum atomic E-state index is 13.7. The molecular formula is C27H27N3O5S. The lowest BCUT2D eigenvalue weighted by Crippen LogP contribution is -2.51. The van der Waals surface area contributed by atoms with Crippen molar-refractivity contribution in [2.24, 2.45) is 0 Å². The highest BCUT2D eigenvalue weighted by Gasteiger charge is 2.34. The molecule has 186 valence electrons.